The number of likely N-dealkylation sites (tertiary alicyclic amines) is 1. The first kappa shape index (κ1) is 26.2. The van der Waals surface area contributed by atoms with E-state index in [2.05, 4.69) is 16.0 Å². The largest absolute Gasteiger partial charge is 0.368 e. The van der Waals surface area contributed by atoms with Crippen molar-refractivity contribution in [1.29, 1.82) is 0 Å². The van der Waals surface area contributed by atoms with Gasteiger partial charge in [-0.1, -0.05) is 55.2 Å². The minimum atomic E-state index is -0.951. The topological polar surface area (TPSA) is 134 Å². The van der Waals surface area contributed by atoms with Gasteiger partial charge in [-0.25, -0.2) is 4.79 Å². The average Bonchev–Trinajstić information content (AvgIpc) is 3.23. The number of rotatable bonds is 8. The van der Waals surface area contributed by atoms with Crippen LogP contribution in [0.25, 0.3) is 0 Å². The highest BCUT2D eigenvalue weighted by atomic mass is 16.2. The van der Waals surface area contributed by atoms with E-state index in [4.69, 9.17) is 5.73 Å². The number of hydrogen-bond donors (Lipinski definition) is 4. The summed E-state index contributed by atoms with van der Waals surface area (Å²) in [5.74, 6) is -1.48. The predicted octanol–water partition coefficient (Wildman–Crippen LogP) is 1.77. The highest BCUT2D eigenvalue weighted by molar-refractivity contribution is 5.96. The normalized spacial score (nSPS) is 21.0. The summed E-state index contributed by atoms with van der Waals surface area (Å²) in [5.41, 5.74) is 7.24. The van der Waals surface area contributed by atoms with Crippen molar-refractivity contribution in [2.45, 2.75) is 83.0 Å². The molecule has 190 valence electrons. The minimum absolute atomic E-state index is 0.117. The summed E-state index contributed by atoms with van der Waals surface area (Å²) in [6.45, 7) is 3.92. The van der Waals surface area contributed by atoms with E-state index in [0.717, 1.165) is 36.8 Å². The highest BCUT2D eigenvalue weighted by Crippen LogP contribution is 2.21. The third-order valence-electron chi connectivity index (χ3n) is 6.56. The van der Waals surface area contributed by atoms with Gasteiger partial charge in [0, 0.05) is 25.1 Å². The Morgan fingerprint density at radius 3 is 2.34 bits per heavy atom. The van der Waals surface area contributed by atoms with Crippen LogP contribution < -0.4 is 21.7 Å². The molecule has 1 aliphatic heterocycles. The van der Waals surface area contributed by atoms with Crippen molar-refractivity contribution in [3.8, 4) is 0 Å². The van der Waals surface area contributed by atoms with Crippen molar-refractivity contribution in [3.05, 3.63) is 47.5 Å². The maximum Gasteiger partial charge on any atom is 0.315 e. The summed E-state index contributed by atoms with van der Waals surface area (Å²) in [5, 5.41) is 8.64. The molecule has 1 saturated heterocycles. The van der Waals surface area contributed by atoms with Crippen molar-refractivity contribution in [2.24, 2.45) is 5.73 Å². The first-order valence-corrected chi connectivity index (χ1v) is 12.4. The molecule has 5 N–H and O–H groups in total. The number of amides is 5. The van der Waals surface area contributed by atoms with E-state index in [-0.39, 0.29) is 24.4 Å². The lowest BCUT2D eigenvalue weighted by Crippen LogP contribution is -2.59. The molecule has 1 heterocycles. The van der Waals surface area contributed by atoms with E-state index in [1.165, 1.54) is 17.4 Å². The number of primary amides is 1. The van der Waals surface area contributed by atoms with Crippen molar-refractivity contribution < 1.29 is 19.2 Å². The summed E-state index contributed by atoms with van der Waals surface area (Å²) < 4.78 is 0. The van der Waals surface area contributed by atoms with Gasteiger partial charge in [-0.05, 0) is 38.7 Å². The van der Waals surface area contributed by atoms with Crippen molar-refractivity contribution >= 4 is 23.8 Å². The fourth-order valence-electron chi connectivity index (χ4n) is 4.82. The zero-order valence-electron chi connectivity index (χ0n) is 20.6. The Bertz CT molecular complexity index is 938. The van der Waals surface area contributed by atoms with Crippen LogP contribution in [-0.4, -0.2) is 59.4 Å². The molecular formula is C26H37N5O4. The fraction of sp³-hybridized carbons (Fsp3) is 0.538. The smallest absolute Gasteiger partial charge is 0.315 e. The number of nitrogens with one attached hydrogen (secondary N) is 3. The number of carbonyl (C=O) groups excluding carboxylic acids is 4. The van der Waals surface area contributed by atoms with Gasteiger partial charge in [0.15, 0.2) is 0 Å². The Hall–Kier alpha value is -3.36. The highest BCUT2D eigenvalue weighted by Gasteiger charge is 2.43. The maximum absolute atomic E-state index is 13.4. The van der Waals surface area contributed by atoms with Crippen LogP contribution in [0.5, 0.6) is 0 Å². The van der Waals surface area contributed by atoms with Gasteiger partial charge in [-0.15, -0.1) is 0 Å². The molecule has 2 fully saturated rings. The third kappa shape index (κ3) is 7.56. The van der Waals surface area contributed by atoms with E-state index < -0.39 is 29.9 Å². The van der Waals surface area contributed by atoms with Crippen LogP contribution in [0.4, 0.5) is 4.79 Å². The summed E-state index contributed by atoms with van der Waals surface area (Å²) in [6, 6.07) is 6.55. The predicted molar refractivity (Wildman–Crippen MR) is 133 cm³/mol. The molecule has 0 radical (unpaired) electrons. The van der Waals surface area contributed by atoms with Gasteiger partial charge in [0.1, 0.15) is 12.1 Å². The molecule has 1 aliphatic carbocycles. The van der Waals surface area contributed by atoms with E-state index in [1.807, 2.05) is 30.3 Å². The summed E-state index contributed by atoms with van der Waals surface area (Å²) in [4.78, 5) is 52.6. The molecule has 5 amide bonds. The van der Waals surface area contributed by atoms with Gasteiger partial charge in [-0.3, -0.25) is 14.4 Å². The Kier molecular flexibility index (Phi) is 9.28. The number of benzene rings is 1. The van der Waals surface area contributed by atoms with E-state index in [1.54, 1.807) is 13.8 Å². The van der Waals surface area contributed by atoms with Crippen LogP contribution in [0.3, 0.4) is 0 Å². The molecule has 1 aromatic carbocycles. The van der Waals surface area contributed by atoms with Crippen molar-refractivity contribution in [2.75, 3.05) is 6.54 Å². The monoisotopic (exact) mass is 483 g/mol. The minimum Gasteiger partial charge on any atom is -0.368 e. The third-order valence-corrected chi connectivity index (χ3v) is 6.56. The zero-order chi connectivity index (χ0) is 25.4. The molecule has 3 atom stereocenters. The Morgan fingerprint density at radius 1 is 1.03 bits per heavy atom. The summed E-state index contributed by atoms with van der Waals surface area (Å²) >= 11 is 0. The maximum atomic E-state index is 13.4. The zero-order valence-corrected chi connectivity index (χ0v) is 20.6. The first-order valence-electron chi connectivity index (χ1n) is 12.4. The number of carbonyl (C=O) groups is 4. The number of urea groups is 1. The molecule has 1 aromatic rings. The van der Waals surface area contributed by atoms with Crippen LogP contribution in [0.2, 0.25) is 0 Å². The van der Waals surface area contributed by atoms with Gasteiger partial charge >= 0.3 is 6.03 Å². The lowest BCUT2D eigenvalue weighted by molar-refractivity contribution is -0.137. The molecule has 0 aromatic heterocycles. The standard InChI is InChI=1S/C26H37N5O4/c1-17(2)15-22(32)31-14-13-20(30-26(35)28-19-11-7-4-8-12-19)23(31)25(34)29-21(24(27)33)16-18-9-5-3-6-10-18/h3,5-6,9-10,15,19-21,23H,4,7-8,11-14,16H2,1-2H3,(H2,27,33)(H,29,34)(H2,28,30,35)/t20-,21+,23-/m0/s1. The summed E-state index contributed by atoms with van der Waals surface area (Å²) in [6.07, 6.45) is 7.35. The molecule has 0 spiro atoms. The molecular weight excluding hydrogens is 446 g/mol. The number of nitrogens with zero attached hydrogens (tertiary/aromatic N) is 1. The number of allylic oxidation sites excluding steroid dienone is 1. The molecule has 9 nitrogen and oxygen atoms in total. The van der Waals surface area contributed by atoms with Gasteiger partial charge in [0.2, 0.25) is 17.7 Å². The average molecular weight is 484 g/mol. The Labute approximate surface area is 206 Å². The molecule has 0 unspecified atom stereocenters. The van der Waals surface area contributed by atoms with Gasteiger partial charge in [0.05, 0.1) is 6.04 Å². The molecule has 3 rings (SSSR count). The van der Waals surface area contributed by atoms with Crippen LogP contribution in [-0.2, 0) is 20.8 Å². The lowest BCUT2D eigenvalue weighted by atomic mass is 9.96. The summed E-state index contributed by atoms with van der Waals surface area (Å²) in [7, 11) is 0. The molecule has 1 saturated carbocycles. The van der Waals surface area contributed by atoms with Crippen LogP contribution in [0.15, 0.2) is 42.0 Å². The number of nitrogens with two attached hydrogens (primary N) is 1. The lowest BCUT2D eigenvalue weighted by Gasteiger charge is -2.29. The van der Waals surface area contributed by atoms with Crippen molar-refractivity contribution in [1.82, 2.24) is 20.9 Å². The number of hydrogen-bond acceptors (Lipinski definition) is 4. The van der Waals surface area contributed by atoms with E-state index in [9.17, 15) is 19.2 Å². The second kappa shape index (κ2) is 12.4. The van der Waals surface area contributed by atoms with Crippen molar-refractivity contribution in [3.63, 3.8) is 0 Å². The van der Waals surface area contributed by atoms with E-state index >= 15 is 0 Å². The first-order chi connectivity index (χ1) is 16.7. The van der Waals surface area contributed by atoms with Crippen LogP contribution in [0, 0.1) is 0 Å². The SMILES string of the molecule is CC(C)=CC(=O)N1CC[C@H](NC(=O)NC2CCCCC2)[C@H]1C(=O)N[C@H](Cc1ccccc1)C(N)=O. The van der Waals surface area contributed by atoms with Crippen LogP contribution >= 0.6 is 0 Å². The van der Waals surface area contributed by atoms with Crippen LogP contribution in [0.1, 0.15) is 57.9 Å². The quantitative estimate of drug-likeness (QED) is 0.419. The Morgan fingerprint density at radius 2 is 1.71 bits per heavy atom. The second-order valence-electron chi connectivity index (χ2n) is 9.70. The van der Waals surface area contributed by atoms with Gasteiger partial charge in [0.25, 0.3) is 0 Å². The molecule has 2 aliphatic rings. The fourth-order valence-corrected chi connectivity index (χ4v) is 4.82. The Balaban J connectivity index is 1.74. The molecule has 9 heteroatoms. The second-order valence-corrected chi connectivity index (χ2v) is 9.70. The van der Waals surface area contributed by atoms with E-state index in [0.29, 0.717) is 13.0 Å². The molecule has 0 bridgehead atoms. The van der Waals surface area contributed by atoms with Gasteiger partial charge in [-0.2, -0.15) is 0 Å². The molecule has 35 heavy (non-hydrogen) atoms. The van der Waals surface area contributed by atoms with Gasteiger partial charge < -0.3 is 26.6 Å².